The molecule has 0 aliphatic carbocycles. The van der Waals surface area contributed by atoms with Gasteiger partial charge in [-0.25, -0.2) is 0 Å². The zero-order valence-electron chi connectivity index (χ0n) is 19.4. The lowest BCUT2D eigenvalue weighted by Crippen LogP contribution is -2.45. The van der Waals surface area contributed by atoms with Crippen LogP contribution >= 0.6 is 0 Å². The smallest absolute Gasteiger partial charge is 0.255 e. The molecule has 0 spiro atoms. The van der Waals surface area contributed by atoms with Crippen LogP contribution in [0, 0.1) is 0 Å². The second kappa shape index (κ2) is 10.9. The zero-order valence-corrected chi connectivity index (χ0v) is 19.4. The molecule has 1 saturated heterocycles. The summed E-state index contributed by atoms with van der Waals surface area (Å²) in [5.41, 5.74) is 2.22. The van der Waals surface area contributed by atoms with Gasteiger partial charge in [0.05, 0.1) is 19.8 Å². The third-order valence-electron chi connectivity index (χ3n) is 5.97. The lowest BCUT2D eigenvalue weighted by molar-refractivity contribution is 0.0773. The van der Waals surface area contributed by atoms with Gasteiger partial charge >= 0.3 is 0 Å². The molecule has 32 heavy (non-hydrogen) atoms. The zero-order chi connectivity index (χ0) is 23.1. The van der Waals surface area contributed by atoms with E-state index in [9.17, 15) is 9.59 Å². The first-order valence-electron chi connectivity index (χ1n) is 11.2. The van der Waals surface area contributed by atoms with Crippen molar-refractivity contribution >= 4 is 17.5 Å². The Hall–Kier alpha value is -3.22. The molecule has 0 unspecified atom stereocenters. The average Bonchev–Trinajstić information content (AvgIpc) is 2.84. The minimum atomic E-state index is -0.141. The molecular weight excluding hydrogens is 406 g/mol. The number of para-hydroxylation sites is 1. The number of nitrogens with zero attached hydrogens (tertiary/aromatic N) is 2. The van der Waals surface area contributed by atoms with Gasteiger partial charge in [-0.2, -0.15) is 0 Å². The van der Waals surface area contributed by atoms with E-state index in [-0.39, 0.29) is 17.9 Å². The molecule has 0 saturated carbocycles. The van der Waals surface area contributed by atoms with E-state index in [2.05, 4.69) is 10.2 Å². The van der Waals surface area contributed by atoms with Crippen molar-refractivity contribution in [2.75, 3.05) is 45.3 Å². The van der Waals surface area contributed by atoms with Gasteiger partial charge in [0.1, 0.15) is 11.5 Å². The number of amides is 2. The molecule has 0 bridgehead atoms. The monoisotopic (exact) mass is 439 g/mol. The molecule has 1 aliphatic heterocycles. The van der Waals surface area contributed by atoms with Gasteiger partial charge in [0, 0.05) is 49.5 Å². The van der Waals surface area contributed by atoms with Gasteiger partial charge in [-0.05, 0) is 51.0 Å². The van der Waals surface area contributed by atoms with Crippen LogP contribution in [0.15, 0.2) is 42.5 Å². The number of hydrogen-bond donors (Lipinski definition) is 1. The van der Waals surface area contributed by atoms with E-state index < -0.39 is 0 Å². The van der Waals surface area contributed by atoms with Crippen LogP contribution in [0.25, 0.3) is 0 Å². The van der Waals surface area contributed by atoms with Crippen LogP contribution in [0.1, 0.15) is 47.4 Å². The van der Waals surface area contributed by atoms with Crippen LogP contribution in [-0.2, 0) is 0 Å². The Morgan fingerprint density at radius 1 is 1.00 bits per heavy atom. The molecule has 3 rings (SSSR count). The van der Waals surface area contributed by atoms with E-state index in [1.807, 2.05) is 43.0 Å². The number of carbonyl (C=O) groups excluding carboxylic acids is 2. The van der Waals surface area contributed by atoms with Crippen LogP contribution in [0.4, 0.5) is 5.69 Å². The lowest BCUT2D eigenvalue weighted by atomic mass is 10.0. The Balaban J connectivity index is 1.65. The molecule has 2 aromatic rings. The van der Waals surface area contributed by atoms with E-state index in [1.165, 1.54) is 0 Å². The summed E-state index contributed by atoms with van der Waals surface area (Å²) in [6.45, 7) is 6.91. The van der Waals surface area contributed by atoms with Crippen molar-refractivity contribution in [3.63, 3.8) is 0 Å². The van der Waals surface area contributed by atoms with Gasteiger partial charge in [-0.3, -0.25) is 9.59 Å². The number of anilines is 1. The van der Waals surface area contributed by atoms with Crippen LogP contribution in [0.3, 0.4) is 0 Å². The summed E-state index contributed by atoms with van der Waals surface area (Å²) >= 11 is 0. The molecule has 2 amide bonds. The molecule has 0 aromatic heterocycles. The lowest BCUT2D eigenvalue weighted by Gasteiger charge is -2.35. The summed E-state index contributed by atoms with van der Waals surface area (Å²) in [6, 6.07) is 13.0. The molecule has 1 N–H and O–H groups in total. The maximum atomic E-state index is 13.0. The third-order valence-corrected chi connectivity index (χ3v) is 5.97. The van der Waals surface area contributed by atoms with E-state index in [0.717, 1.165) is 37.2 Å². The highest BCUT2D eigenvalue weighted by Crippen LogP contribution is 2.26. The largest absolute Gasteiger partial charge is 0.497 e. The van der Waals surface area contributed by atoms with Gasteiger partial charge < -0.3 is 24.6 Å². The first kappa shape index (κ1) is 23.4. The number of benzene rings is 2. The fourth-order valence-electron chi connectivity index (χ4n) is 4.08. The Labute approximate surface area is 190 Å². The first-order valence-corrected chi connectivity index (χ1v) is 11.2. The second-order valence-electron chi connectivity index (χ2n) is 7.83. The predicted molar refractivity (Wildman–Crippen MR) is 126 cm³/mol. The number of rotatable bonds is 8. The van der Waals surface area contributed by atoms with Crippen molar-refractivity contribution in [3.05, 3.63) is 53.6 Å². The molecule has 1 fully saturated rings. The number of ether oxygens (including phenoxy) is 2. The normalized spacial score (nSPS) is 14.1. The van der Waals surface area contributed by atoms with Crippen LogP contribution in [0.5, 0.6) is 11.5 Å². The minimum Gasteiger partial charge on any atom is -0.497 e. The third kappa shape index (κ3) is 5.33. The number of hydrogen-bond acceptors (Lipinski definition) is 5. The maximum absolute atomic E-state index is 13.0. The van der Waals surface area contributed by atoms with Crippen molar-refractivity contribution < 1.29 is 19.1 Å². The quantitative estimate of drug-likeness (QED) is 0.681. The summed E-state index contributed by atoms with van der Waals surface area (Å²) in [5.74, 6) is 1.09. The van der Waals surface area contributed by atoms with Gasteiger partial charge in [0.2, 0.25) is 0 Å². The molecule has 172 valence electrons. The fraction of sp³-hybridized carbons (Fsp3) is 0.440. The fourth-order valence-corrected chi connectivity index (χ4v) is 4.08. The van der Waals surface area contributed by atoms with Crippen molar-refractivity contribution in [2.24, 2.45) is 0 Å². The minimum absolute atomic E-state index is 0.0630. The van der Waals surface area contributed by atoms with Crippen molar-refractivity contribution in [1.82, 2.24) is 10.2 Å². The average molecular weight is 440 g/mol. The summed E-state index contributed by atoms with van der Waals surface area (Å²) in [6.07, 6.45) is 1.61. The van der Waals surface area contributed by atoms with Gasteiger partial charge in [0.15, 0.2) is 0 Å². The molecule has 1 heterocycles. The van der Waals surface area contributed by atoms with E-state index >= 15 is 0 Å². The van der Waals surface area contributed by atoms with E-state index in [4.69, 9.17) is 9.47 Å². The van der Waals surface area contributed by atoms with Gasteiger partial charge in [-0.1, -0.05) is 12.1 Å². The van der Waals surface area contributed by atoms with Gasteiger partial charge in [0.25, 0.3) is 11.8 Å². The van der Waals surface area contributed by atoms with E-state index in [0.29, 0.717) is 30.2 Å². The molecular formula is C25H33N3O4. The highest BCUT2D eigenvalue weighted by molar-refractivity contribution is 6.00. The number of piperidine rings is 1. The Morgan fingerprint density at radius 3 is 2.16 bits per heavy atom. The SMILES string of the molecule is CCN(CC)C(=O)c1ccccc1N1CCC(NC(=O)c2cc(OC)cc(OC)c2)CC1. The number of methoxy groups -OCH3 is 2. The summed E-state index contributed by atoms with van der Waals surface area (Å²) in [7, 11) is 3.13. The Kier molecular flexibility index (Phi) is 7.98. The van der Waals surface area contributed by atoms with Crippen molar-refractivity contribution in [2.45, 2.75) is 32.7 Å². The maximum Gasteiger partial charge on any atom is 0.255 e. The van der Waals surface area contributed by atoms with E-state index in [1.54, 1.807) is 32.4 Å². The first-order chi connectivity index (χ1) is 15.5. The topological polar surface area (TPSA) is 71.1 Å². The molecule has 7 nitrogen and oxygen atoms in total. The molecule has 1 aliphatic rings. The highest BCUT2D eigenvalue weighted by Gasteiger charge is 2.25. The molecule has 0 radical (unpaired) electrons. The van der Waals surface area contributed by atoms with Gasteiger partial charge in [-0.15, -0.1) is 0 Å². The van der Waals surface area contributed by atoms with Crippen LogP contribution in [-0.4, -0.2) is 63.2 Å². The Bertz CT molecular complexity index is 912. The van der Waals surface area contributed by atoms with Crippen molar-refractivity contribution in [1.29, 1.82) is 0 Å². The van der Waals surface area contributed by atoms with Crippen molar-refractivity contribution in [3.8, 4) is 11.5 Å². The Morgan fingerprint density at radius 2 is 1.59 bits per heavy atom. The highest BCUT2D eigenvalue weighted by atomic mass is 16.5. The molecule has 0 atom stereocenters. The number of nitrogens with one attached hydrogen (secondary N) is 1. The summed E-state index contributed by atoms with van der Waals surface area (Å²) in [5, 5.41) is 3.13. The predicted octanol–water partition coefficient (Wildman–Crippen LogP) is 3.58. The van der Waals surface area contributed by atoms with Crippen LogP contribution in [0.2, 0.25) is 0 Å². The summed E-state index contributed by atoms with van der Waals surface area (Å²) < 4.78 is 10.5. The standard InChI is InChI=1S/C25H33N3O4/c1-5-27(6-2)25(30)22-9-7-8-10-23(22)28-13-11-19(12-14-28)26-24(29)18-15-20(31-3)17-21(16-18)32-4/h7-10,15-17,19H,5-6,11-14H2,1-4H3,(H,26,29). The van der Waals surface area contributed by atoms with Crippen LogP contribution < -0.4 is 19.7 Å². The molecule has 7 heteroatoms. The second-order valence-corrected chi connectivity index (χ2v) is 7.83. The number of carbonyl (C=O) groups is 2. The summed E-state index contributed by atoms with van der Waals surface area (Å²) in [4.78, 5) is 29.8. The molecule has 2 aromatic carbocycles.